The highest BCUT2D eigenvalue weighted by atomic mass is 16.7. The van der Waals surface area contributed by atoms with Crippen LogP contribution in [-0.4, -0.2) is 20.3 Å². The Labute approximate surface area is 143 Å². The monoisotopic (exact) mass is 322 g/mol. The number of hydrogen-bond acceptors (Lipinski definition) is 3. The van der Waals surface area contributed by atoms with Crippen LogP contribution in [0, 0.1) is 17.3 Å². The van der Waals surface area contributed by atoms with Gasteiger partial charge in [-0.25, -0.2) is 0 Å². The van der Waals surface area contributed by atoms with Gasteiger partial charge in [-0.15, -0.1) is 0 Å². The van der Waals surface area contributed by atoms with Crippen LogP contribution in [0.15, 0.2) is 54.6 Å². The second-order valence-corrected chi connectivity index (χ2v) is 6.70. The van der Waals surface area contributed by atoms with Crippen LogP contribution in [0.4, 0.5) is 0 Å². The van der Waals surface area contributed by atoms with E-state index in [1.807, 2.05) is 54.6 Å². The van der Waals surface area contributed by atoms with Crippen LogP contribution in [0.1, 0.15) is 25.0 Å². The predicted molar refractivity (Wildman–Crippen MR) is 93.7 cm³/mol. The fourth-order valence-corrected chi connectivity index (χ4v) is 2.47. The molecule has 124 valence electrons. The second kappa shape index (κ2) is 6.68. The van der Waals surface area contributed by atoms with Crippen molar-refractivity contribution in [1.82, 2.24) is 0 Å². The molecule has 1 aliphatic rings. The van der Waals surface area contributed by atoms with Crippen molar-refractivity contribution in [3.63, 3.8) is 0 Å². The van der Waals surface area contributed by atoms with Crippen molar-refractivity contribution in [2.75, 3.05) is 20.3 Å². The zero-order chi connectivity index (χ0) is 17.0. The zero-order valence-electron chi connectivity index (χ0n) is 14.3. The van der Waals surface area contributed by atoms with Crippen molar-refractivity contribution in [2.45, 2.75) is 19.6 Å². The van der Waals surface area contributed by atoms with Crippen molar-refractivity contribution in [1.29, 1.82) is 0 Å². The number of ether oxygens (including phenoxy) is 3. The summed E-state index contributed by atoms with van der Waals surface area (Å²) in [5, 5.41) is 0. The Hall–Kier alpha value is -2.28. The van der Waals surface area contributed by atoms with Crippen LogP contribution in [0.25, 0.3) is 0 Å². The average molecular weight is 322 g/mol. The summed E-state index contributed by atoms with van der Waals surface area (Å²) in [5.41, 5.74) is 1.79. The lowest BCUT2D eigenvalue weighted by atomic mass is 9.93. The van der Waals surface area contributed by atoms with Crippen molar-refractivity contribution in [3.8, 4) is 17.6 Å². The van der Waals surface area contributed by atoms with Gasteiger partial charge in [0.25, 0.3) is 5.79 Å². The summed E-state index contributed by atoms with van der Waals surface area (Å²) in [6.45, 7) is 5.41. The van der Waals surface area contributed by atoms with Crippen LogP contribution in [0.5, 0.6) is 5.75 Å². The van der Waals surface area contributed by atoms with Gasteiger partial charge in [-0.3, -0.25) is 0 Å². The highest BCUT2D eigenvalue weighted by molar-refractivity contribution is 5.40. The number of hydrogen-bond donors (Lipinski definition) is 0. The largest absolute Gasteiger partial charge is 0.497 e. The van der Waals surface area contributed by atoms with Gasteiger partial charge in [0.05, 0.1) is 20.3 Å². The lowest BCUT2D eigenvalue weighted by Crippen LogP contribution is -2.44. The van der Waals surface area contributed by atoms with Crippen LogP contribution >= 0.6 is 0 Å². The van der Waals surface area contributed by atoms with Gasteiger partial charge in [-0.2, -0.15) is 0 Å². The normalized spacial score (nSPS) is 18.3. The number of benzene rings is 2. The fourth-order valence-electron chi connectivity index (χ4n) is 2.47. The molecule has 0 spiro atoms. The zero-order valence-corrected chi connectivity index (χ0v) is 14.3. The van der Waals surface area contributed by atoms with Gasteiger partial charge in [0.2, 0.25) is 0 Å². The van der Waals surface area contributed by atoms with Gasteiger partial charge < -0.3 is 14.2 Å². The summed E-state index contributed by atoms with van der Waals surface area (Å²) in [6, 6.07) is 17.5. The Morgan fingerprint density at radius 2 is 1.54 bits per heavy atom. The molecular formula is C21H22O3. The highest BCUT2D eigenvalue weighted by Crippen LogP contribution is 2.36. The van der Waals surface area contributed by atoms with Crippen molar-refractivity contribution in [2.24, 2.45) is 5.41 Å². The Bertz CT molecular complexity index is 726. The third-order valence-corrected chi connectivity index (χ3v) is 3.95. The molecule has 1 heterocycles. The molecule has 2 aromatic carbocycles. The molecule has 0 atom stereocenters. The first kappa shape index (κ1) is 16.6. The average Bonchev–Trinajstić information content (AvgIpc) is 2.62. The summed E-state index contributed by atoms with van der Waals surface area (Å²) >= 11 is 0. The summed E-state index contributed by atoms with van der Waals surface area (Å²) in [6.07, 6.45) is 0. The lowest BCUT2D eigenvalue weighted by Gasteiger charge is -2.40. The van der Waals surface area contributed by atoms with E-state index in [0.717, 1.165) is 16.9 Å². The first-order chi connectivity index (χ1) is 11.5. The molecule has 2 aromatic rings. The number of rotatable bonds is 2. The summed E-state index contributed by atoms with van der Waals surface area (Å²) in [7, 11) is 1.65. The molecular weight excluding hydrogens is 300 g/mol. The molecule has 24 heavy (non-hydrogen) atoms. The topological polar surface area (TPSA) is 27.7 Å². The third kappa shape index (κ3) is 3.62. The molecule has 0 aliphatic carbocycles. The highest BCUT2D eigenvalue weighted by Gasteiger charge is 2.41. The van der Waals surface area contributed by atoms with Gasteiger partial charge in [-0.1, -0.05) is 38.0 Å². The van der Waals surface area contributed by atoms with E-state index in [-0.39, 0.29) is 5.41 Å². The smallest absolute Gasteiger partial charge is 0.261 e. The van der Waals surface area contributed by atoms with Gasteiger partial charge in [0, 0.05) is 16.5 Å². The Balaban J connectivity index is 1.96. The van der Waals surface area contributed by atoms with E-state index in [0.29, 0.717) is 13.2 Å². The third-order valence-electron chi connectivity index (χ3n) is 3.95. The minimum Gasteiger partial charge on any atom is -0.497 e. The second-order valence-electron chi connectivity index (χ2n) is 6.70. The van der Waals surface area contributed by atoms with Crippen molar-refractivity contribution < 1.29 is 14.2 Å². The maximum absolute atomic E-state index is 6.13. The molecule has 0 N–H and O–H groups in total. The Kier molecular flexibility index (Phi) is 4.62. The fraction of sp³-hybridized carbons (Fsp3) is 0.333. The maximum Gasteiger partial charge on any atom is 0.261 e. The number of methoxy groups -OCH3 is 1. The van der Waals surface area contributed by atoms with Gasteiger partial charge >= 0.3 is 0 Å². The molecule has 1 aliphatic heterocycles. The van der Waals surface area contributed by atoms with E-state index in [9.17, 15) is 0 Å². The van der Waals surface area contributed by atoms with E-state index in [1.165, 1.54) is 0 Å². The molecule has 1 saturated heterocycles. The summed E-state index contributed by atoms with van der Waals surface area (Å²) in [4.78, 5) is 0. The quantitative estimate of drug-likeness (QED) is 0.783. The van der Waals surface area contributed by atoms with E-state index in [4.69, 9.17) is 14.2 Å². The van der Waals surface area contributed by atoms with Crippen LogP contribution in [0.2, 0.25) is 0 Å². The molecule has 3 rings (SSSR count). The van der Waals surface area contributed by atoms with E-state index in [1.54, 1.807) is 7.11 Å². The van der Waals surface area contributed by atoms with E-state index < -0.39 is 5.79 Å². The lowest BCUT2D eigenvalue weighted by molar-refractivity contribution is -0.274. The predicted octanol–water partition coefficient (Wildman–Crippen LogP) is 3.97. The SMILES string of the molecule is COc1ccc(C2(C#Cc3ccccc3)OCC(C)(C)CO2)cc1. The standard InChI is InChI=1S/C21H22O3/c1-20(2)15-23-21(24-16-20,14-13-17-7-5-4-6-8-17)18-9-11-19(22-3)12-10-18/h4-12H,15-16H2,1-3H3. The first-order valence-electron chi connectivity index (χ1n) is 8.04. The summed E-state index contributed by atoms with van der Waals surface area (Å²) < 4.78 is 17.5. The molecule has 3 heteroatoms. The van der Waals surface area contributed by atoms with Gasteiger partial charge in [0.15, 0.2) is 0 Å². The molecule has 0 saturated carbocycles. The molecule has 0 unspecified atom stereocenters. The van der Waals surface area contributed by atoms with Crippen LogP contribution in [-0.2, 0) is 15.3 Å². The first-order valence-corrected chi connectivity index (χ1v) is 8.04. The maximum atomic E-state index is 6.13. The summed E-state index contributed by atoms with van der Waals surface area (Å²) in [5.74, 6) is 6.13. The molecule has 3 nitrogen and oxygen atoms in total. The molecule has 0 amide bonds. The van der Waals surface area contributed by atoms with Crippen molar-refractivity contribution >= 4 is 0 Å². The Morgan fingerprint density at radius 1 is 0.917 bits per heavy atom. The Morgan fingerprint density at radius 3 is 2.12 bits per heavy atom. The molecule has 0 aromatic heterocycles. The van der Waals surface area contributed by atoms with Crippen LogP contribution in [0.3, 0.4) is 0 Å². The van der Waals surface area contributed by atoms with E-state index >= 15 is 0 Å². The van der Waals surface area contributed by atoms with Crippen molar-refractivity contribution in [3.05, 3.63) is 65.7 Å². The van der Waals surface area contributed by atoms with Gasteiger partial charge in [-0.05, 0) is 42.3 Å². The van der Waals surface area contributed by atoms with E-state index in [2.05, 4.69) is 25.7 Å². The molecule has 1 fully saturated rings. The van der Waals surface area contributed by atoms with Gasteiger partial charge in [0.1, 0.15) is 5.75 Å². The minimum absolute atomic E-state index is 0.0234. The minimum atomic E-state index is -1.04. The van der Waals surface area contributed by atoms with Crippen LogP contribution < -0.4 is 4.74 Å². The molecule has 0 bridgehead atoms. The molecule has 0 radical (unpaired) electrons.